The average molecular weight is 496 g/mol. The Morgan fingerprint density at radius 3 is 2.62 bits per heavy atom. The van der Waals surface area contributed by atoms with Gasteiger partial charge in [-0.3, -0.25) is 0 Å². The molecule has 12 nitrogen and oxygen atoms in total. The fraction of sp³-hybridized carbons (Fsp3) is 0.0800. The lowest BCUT2D eigenvalue weighted by Gasteiger charge is -2.10. The van der Waals surface area contributed by atoms with Crippen LogP contribution in [-0.4, -0.2) is 41.1 Å². The summed E-state index contributed by atoms with van der Waals surface area (Å²) in [6.45, 7) is 1.72. The maximum atomic E-state index is 13.3. The average Bonchev–Trinajstić information content (AvgIpc) is 3.60. The highest BCUT2D eigenvalue weighted by Crippen LogP contribution is 2.22. The van der Waals surface area contributed by atoms with Crippen LogP contribution in [0, 0.1) is 6.92 Å². The number of aryl methyl sites for hydroxylation is 1. The molecule has 0 bridgehead atoms. The predicted molar refractivity (Wildman–Crippen MR) is 135 cm³/mol. The van der Waals surface area contributed by atoms with E-state index in [9.17, 15) is 4.79 Å². The van der Waals surface area contributed by atoms with Gasteiger partial charge in [0.1, 0.15) is 5.76 Å². The summed E-state index contributed by atoms with van der Waals surface area (Å²) in [4.78, 5) is 25.7. The van der Waals surface area contributed by atoms with Crippen LogP contribution in [0.15, 0.2) is 77.4 Å². The van der Waals surface area contributed by atoms with Crippen molar-refractivity contribution in [1.82, 2.24) is 35.2 Å². The standard InChI is InChI=1S/C25H21N9O3/c1-16-9-11-18(12-10-16)27-25-29-21(28-24(26)30-25)15-37-23(35)20(14-19-8-5-13-36-19)34-22(31-32-33-34)17-6-3-2-4-7-17/h2-14H,15H2,1H3,(H3,26,27,28,29,30)/b20-14-. The molecule has 0 aliphatic heterocycles. The van der Waals surface area contributed by atoms with Crippen LogP contribution in [0.2, 0.25) is 0 Å². The fourth-order valence-electron chi connectivity index (χ4n) is 3.36. The first-order valence-electron chi connectivity index (χ1n) is 11.2. The van der Waals surface area contributed by atoms with Gasteiger partial charge >= 0.3 is 5.97 Å². The van der Waals surface area contributed by atoms with E-state index in [-0.39, 0.29) is 30.0 Å². The van der Waals surface area contributed by atoms with Gasteiger partial charge in [0, 0.05) is 17.3 Å². The maximum Gasteiger partial charge on any atom is 0.357 e. The van der Waals surface area contributed by atoms with Crippen LogP contribution in [0.25, 0.3) is 23.2 Å². The molecule has 0 radical (unpaired) electrons. The van der Waals surface area contributed by atoms with Crippen molar-refractivity contribution < 1.29 is 13.9 Å². The Hall–Kier alpha value is -5.39. The number of ether oxygens (including phenoxy) is 1. The lowest BCUT2D eigenvalue weighted by Crippen LogP contribution is -2.16. The molecule has 5 rings (SSSR count). The number of esters is 1. The zero-order valence-electron chi connectivity index (χ0n) is 19.6. The van der Waals surface area contributed by atoms with E-state index >= 15 is 0 Å². The lowest BCUT2D eigenvalue weighted by atomic mass is 10.2. The SMILES string of the molecule is Cc1ccc(Nc2nc(N)nc(COC(=O)/C(=C/c3ccco3)n3nnnc3-c3ccccc3)n2)cc1. The summed E-state index contributed by atoms with van der Waals surface area (Å²) in [5.41, 5.74) is 8.48. The molecular formula is C25H21N9O3. The Kier molecular flexibility index (Phi) is 6.61. The van der Waals surface area contributed by atoms with Crippen LogP contribution < -0.4 is 11.1 Å². The number of anilines is 3. The third kappa shape index (κ3) is 5.65. The Morgan fingerprint density at radius 1 is 1.05 bits per heavy atom. The van der Waals surface area contributed by atoms with Crippen LogP contribution in [-0.2, 0) is 16.1 Å². The second-order valence-electron chi connectivity index (χ2n) is 7.83. The molecule has 0 saturated heterocycles. The van der Waals surface area contributed by atoms with E-state index in [1.54, 1.807) is 12.1 Å². The number of carbonyl (C=O) groups excluding carboxylic acids is 1. The normalized spacial score (nSPS) is 11.3. The van der Waals surface area contributed by atoms with E-state index < -0.39 is 5.97 Å². The molecule has 5 aromatic rings. The van der Waals surface area contributed by atoms with Crippen LogP contribution in [0.1, 0.15) is 17.1 Å². The number of benzene rings is 2. The number of nitrogens with zero attached hydrogens (tertiary/aromatic N) is 7. The number of rotatable bonds is 8. The van der Waals surface area contributed by atoms with Crippen molar-refractivity contribution in [2.24, 2.45) is 0 Å². The van der Waals surface area contributed by atoms with Gasteiger partial charge in [0.15, 0.2) is 24.0 Å². The van der Waals surface area contributed by atoms with Crippen molar-refractivity contribution in [2.45, 2.75) is 13.5 Å². The van der Waals surface area contributed by atoms with Gasteiger partial charge < -0.3 is 20.2 Å². The number of nitrogen functional groups attached to an aromatic ring is 1. The van der Waals surface area contributed by atoms with E-state index in [4.69, 9.17) is 14.9 Å². The highest BCUT2D eigenvalue weighted by molar-refractivity contribution is 6.15. The Balaban J connectivity index is 1.39. The van der Waals surface area contributed by atoms with Crippen LogP contribution >= 0.6 is 0 Å². The van der Waals surface area contributed by atoms with E-state index in [0.717, 1.165) is 11.3 Å². The number of nitrogens with two attached hydrogens (primary N) is 1. The minimum atomic E-state index is -0.729. The quantitative estimate of drug-likeness (QED) is 0.239. The van der Waals surface area contributed by atoms with Gasteiger partial charge in [0.25, 0.3) is 0 Å². The number of hydrogen-bond acceptors (Lipinski definition) is 11. The fourth-order valence-corrected chi connectivity index (χ4v) is 3.36. The highest BCUT2D eigenvalue weighted by atomic mass is 16.5. The number of aromatic nitrogens is 7. The van der Waals surface area contributed by atoms with Crippen molar-refractivity contribution in [1.29, 1.82) is 0 Å². The van der Waals surface area contributed by atoms with Gasteiger partial charge in [-0.2, -0.15) is 19.6 Å². The number of furan rings is 1. The summed E-state index contributed by atoms with van der Waals surface area (Å²) in [7, 11) is 0. The number of hydrogen-bond donors (Lipinski definition) is 2. The van der Waals surface area contributed by atoms with E-state index in [2.05, 4.69) is 35.8 Å². The van der Waals surface area contributed by atoms with Gasteiger partial charge in [0.05, 0.1) is 6.26 Å². The van der Waals surface area contributed by atoms with E-state index in [1.165, 1.54) is 17.0 Å². The number of nitrogens with one attached hydrogen (secondary N) is 1. The maximum absolute atomic E-state index is 13.3. The van der Waals surface area contributed by atoms with Crippen LogP contribution in [0.4, 0.5) is 17.6 Å². The van der Waals surface area contributed by atoms with Crippen molar-refractivity contribution in [3.63, 3.8) is 0 Å². The largest absolute Gasteiger partial charge is 0.465 e. The van der Waals surface area contributed by atoms with Gasteiger partial charge in [-0.05, 0) is 41.6 Å². The highest BCUT2D eigenvalue weighted by Gasteiger charge is 2.22. The molecular weight excluding hydrogens is 474 g/mol. The van der Waals surface area contributed by atoms with Gasteiger partial charge in [-0.15, -0.1) is 5.10 Å². The molecule has 0 amide bonds. The summed E-state index contributed by atoms with van der Waals surface area (Å²) in [5.74, 6) is 0.398. The minimum absolute atomic E-state index is 0.0196. The molecule has 12 heteroatoms. The van der Waals surface area contributed by atoms with Crippen molar-refractivity contribution in [3.8, 4) is 11.4 Å². The number of carbonyl (C=O) groups is 1. The zero-order valence-corrected chi connectivity index (χ0v) is 19.6. The molecule has 3 aromatic heterocycles. The molecule has 0 aliphatic carbocycles. The van der Waals surface area contributed by atoms with Crippen molar-refractivity contribution in [2.75, 3.05) is 11.1 Å². The molecule has 0 aliphatic rings. The van der Waals surface area contributed by atoms with Crippen LogP contribution in [0.5, 0.6) is 0 Å². The summed E-state index contributed by atoms with van der Waals surface area (Å²) in [6, 6.07) is 20.3. The first kappa shape index (κ1) is 23.4. The molecule has 0 fully saturated rings. The molecule has 0 spiro atoms. The monoisotopic (exact) mass is 495 g/mol. The molecule has 184 valence electrons. The third-order valence-electron chi connectivity index (χ3n) is 5.10. The molecule has 3 N–H and O–H groups in total. The van der Waals surface area contributed by atoms with E-state index in [1.807, 2.05) is 61.5 Å². The lowest BCUT2D eigenvalue weighted by molar-refractivity contribution is -0.138. The summed E-state index contributed by atoms with van der Waals surface area (Å²) < 4.78 is 12.2. The Bertz CT molecular complexity index is 1530. The zero-order chi connectivity index (χ0) is 25.6. The minimum Gasteiger partial charge on any atom is -0.465 e. The first-order valence-corrected chi connectivity index (χ1v) is 11.2. The Labute approximate surface area is 210 Å². The molecule has 0 atom stereocenters. The summed E-state index contributed by atoms with van der Waals surface area (Å²) >= 11 is 0. The smallest absolute Gasteiger partial charge is 0.357 e. The topological polar surface area (TPSA) is 160 Å². The summed E-state index contributed by atoms with van der Waals surface area (Å²) in [5, 5.41) is 14.9. The second-order valence-corrected chi connectivity index (χ2v) is 7.83. The van der Waals surface area contributed by atoms with Gasteiger partial charge in [-0.1, -0.05) is 48.0 Å². The molecule has 3 heterocycles. The van der Waals surface area contributed by atoms with E-state index in [0.29, 0.717) is 17.1 Å². The van der Waals surface area contributed by atoms with Crippen molar-refractivity contribution in [3.05, 3.63) is 90.1 Å². The second kappa shape index (κ2) is 10.5. The third-order valence-corrected chi connectivity index (χ3v) is 5.10. The molecule has 0 saturated carbocycles. The Morgan fingerprint density at radius 2 is 1.86 bits per heavy atom. The predicted octanol–water partition coefficient (Wildman–Crippen LogP) is 3.49. The molecule has 37 heavy (non-hydrogen) atoms. The molecule has 2 aromatic carbocycles. The van der Waals surface area contributed by atoms with Crippen molar-refractivity contribution >= 4 is 35.3 Å². The first-order chi connectivity index (χ1) is 18.0. The molecule has 0 unspecified atom stereocenters. The number of tetrazole rings is 1. The van der Waals surface area contributed by atoms with Gasteiger partial charge in [0.2, 0.25) is 11.9 Å². The summed E-state index contributed by atoms with van der Waals surface area (Å²) in [6.07, 6.45) is 2.97. The van der Waals surface area contributed by atoms with Gasteiger partial charge in [-0.25, -0.2) is 4.79 Å². The van der Waals surface area contributed by atoms with Crippen LogP contribution in [0.3, 0.4) is 0 Å².